The molecule has 1 saturated heterocycles. The minimum atomic E-state index is -0.473. The highest BCUT2D eigenvalue weighted by molar-refractivity contribution is 14.0. The monoisotopic (exact) mass is 484 g/mol. The number of aliphatic imine (C=N–C) groups is 1. The lowest BCUT2D eigenvalue weighted by Crippen LogP contribution is -2.44. The predicted octanol–water partition coefficient (Wildman–Crippen LogP) is 2.80. The van der Waals surface area contributed by atoms with Crippen molar-refractivity contribution < 1.29 is 14.3 Å². The molecule has 0 atom stereocenters. The zero-order chi connectivity index (χ0) is 18.9. The molecule has 1 fully saturated rings. The van der Waals surface area contributed by atoms with Crippen molar-refractivity contribution in [1.82, 2.24) is 15.1 Å². The molecule has 1 aliphatic heterocycles. The van der Waals surface area contributed by atoms with Gasteiger partial charge in [0, 0.05) is 54.0 Å². The lowest BCUT2D eigenvalue weighted by molar-refractivity contribution is 0.0302. The molecule has 8 heteroatoms. The number of amides is 1. The van der Waals surface area contributed by atoms with Crippen LogP contribution in [0.15, 0.2) is 4.99 Å². The van der Waals surface area contributed by atoms with Gasteiger partial charge in [0.05, 0.1) is 0 Å². The average Bonchev–Trinajstić information content (AvgIpc) is 2.55. The van der Waals surface area contributed by atoms with Gasteiger partial charge in [0.1, 0.15) is 5.60 Å². The summed E-state index contributed by atoms with van der Waals surface area (Å²) in [7, 11) is 5.57. The van der Waals surface area contributed by atoms with Crippen molar-refractivity contribution in [2.45, 2.75) is 45.6 Å². The topological polar surface area (TPSA) is 66.4 Å². The van der Waals surface area contributed by atoms with Crippen LogP contribution in [0.1, 0.15) is 40.0 Å². The summed E-state index contributed by atoms with van der Waals surface area (Å²) in [5, 5.41) is 3.31. The third-order valence-electron chi connectivity index (χ3n) is 4.22. The fourth-order valence-corrected chi connectivity index (χ4v) is 2.67. The van der Waals surface area contributed by atoms with Crippen molar-refractivity contribution >= 4 is 36.0 Å². The van der Waals surface area contributed by atoms with E-state index in [1.807, 2.05) is 27.8 Å². The Morgan fingerprint density at radius 3 is 2.35 bits per heavy atom. The van der Waals surface area contributed by atoms with Crippen molar-refractivity contribution in [3.8, 4) is 0 Å². The van der Waals surface area contributed by atoms with Crippen LogP contribution in [0.5, 0.6) is 0 Å². The lowest BCUT2D eigenvalue weighted by Gasteiger charge is -2.28. The van der Waals surface area contributed by atoms with Crippen LogP contribution in [-0.2, 0) is 9.47 Å². The fourth-order valence-electron chi connectivity index (χ4n) is 2.67. The molecule has 1 N–H and O–H groups in total. The van der Waals surface area contributed by atoms with Crippen LogP contribution >= 0.6 is 24.0 Å². The van der Waals surface area contributed by atoms with Gasteiger partial charge < -0.3 is 24.6 Å². The lowest BCUT2D eigenvalue weighted by atomic mass is 9.96. The van der Waals surface area contributed by atoms with Gasteiger partial charge in [0.2, 0.25) is 0 Å². The molecule has 0 aromatic carbocycles. The van der Waals surface area contributed by atoms with Crippen LogP contribution in [0, 0.1) is 5.92 Å². The van der Waals surface area contributed by atoms with Crippen molar-refractivity contribution in [1.29, 1.82) is 0 Å². The first-order valence-corrected chi connectivity index (χ1v) is 9.16. The van der Waals surface area contributed by atoms with Crippen LogP contribution in [0.25, 0.3) is 0 Å². The van der Waals surface area contributed by atoms with Crippen molar-refractivity contribution in [3.63, 3.8) is 0 Å². The number of nitrogens with zero attached hydrogens (tertiary/aromatic N) is 3. The zero-order valence-electron chi connectivity index (χ0n) is 17.2. The Kier molecular flexibility index (Phi) is 12.2. The average molecular weight is 484 g/mol. The molecule has 0 bridgehead atoms. The van der Waals surface area contributed by atoms with Crippen LogP contribution in [0.3, 0.4) is 0 Å². The van der Waals surface area contributed by atoms with E-state index in [-0.39, 0.29) is 30.1 Å². The quantitative estimate of drug-likeness (QED) is 0.357. The molecular weight excluding hydrogens is 447 g/mol. The first-order valence-electron chi connectivity index (χ1n) is 9.16. The van der Waals surface area contributed by atoms with Gasteiger partial charge >= 0.3 is 6.09 Å². The van der Waals surface area contributed by atoms with E-state index in [2.05, 4.69) is 15.2 Å². The Bertz CT molecular complexity index is 435. The third-order valence-corrected chi connectivity index (χ3v) is 4.22. The van der Waals surface area contributed by atoms with Crippen molar-refractivity contribution in [2.75, 3.05) is 54.0 Å². The normalized spacial score (nSPS) is 15.8. The number of halogens is 1. The molecule has 0 unspecified atom stereocenters. The van der Waals surface area contributed by atoms with Crippen LogP contribution in [0.4, 0.5) is 4.79 Å². The highest BCUT2D eigenvalue weighted by atomic mass is 127. The molecule has 1 rings (SSSR count). The van der Waals surface area contributed by atoms with E-state index in [1.54, 1.807) is 19.0 Å². The molecule has 1 amide bonds. The van der Waals surface area contributed by atoms with Gasteiger partial charge in [-0.05, 0) is 46.0 Å². The Balaban J connectivity index is 0.00000625. The number of carbonyl (C=O) groups excluding carboxylic acids is 1. The van der Waals surface area contributed by atoms with Gasteiger partial charge in [0.25, 0.3) is 0 Å². The Morgan fingerprint density at radius 1 is 1.19 bits per heavy atom. The van der Waals surface area contributed by atoms with Crippen LogP contribution in [-0.4, -0.2) is 81.4 Å². The molecule has 1 aliphatic rings. The summed E-state index contributed by atoms with van der Waals surface area (Å²) >= 11 is 0. The minimum absolute atomic E-state index is 0. The second-order valence-electron chi connectivity index (χ2n) is 7.64. The molecule has 154 valence electrons. The SMILES string of the molecule is CN=C(NCCN(C)C(=O)OC(C)(C)C)N(C)CCC1CCOCC1.I. The molecule has 0 aliphatic carbocycles. The first-order chi connectivity index (χ1) is 11.7. The predicted molar refractivity (Wildman–Crippen MR) is 116 cm³/mol. The summed E-state index contributed by atoms with van der Waals surface area (Å²) in [6, 6.07) is 0. The molecule has 0 aromatic heterocycles. The van der Waals surface area contributed by atoms with E-state index < -0.39 is 5.60 Å². The van der Waals surface area contributed by atoms with Gasteiger partial charge in [-0.15, -0.1) is 24.0 Å². The molecule has 26 heavy (non-hydrogen) atoms. The number of ether oxygens (including phenoxy) is 2. The van der Waals surface area contributed by atoms with Gasteiger partial charge in [-0.25, -0.2) is 4.79 Å². The summed E-state index contributed by atoms with van der Waals surface area (Å²) in [6.45, 7) is 9.53. The highest BCUT2D eigenvalue weighted by Crippen LogP contribution is 2.18. The molecule has 0 radical (unpaired) electrons. The number of carbonyl (C=O) groups is 1. The summed E-state index contributed by atoms with van der Waals surface area (Å²) in [5.41, 5.74) is -0.473. The van der Waals surface area contributed by atoms with Crippen LogP contribution < -0.4 is 5.32 Å². The van der Waals surface area contributed by atoms with Gasteiger partial charge in [0.15, 0.2) is 5.96 Å². The summed E-state index contributed by atoms with van der Waals surface area (Å²) in [4.78, 5) is 20.0. The molecule has 7 nitrogen and oxygen atoms in total. The maximum Gasteiger partial charge on any atom is 0.410 e. The van der Waals surface area contributed by atoms with Crippen molar-refractivity contribution in [2.24, 2.45) is 10.9 Å². The van der Waals surface area contributed by atoms with Gasteiger partial charge in [-0.2, -0.15) is 0 Å². The summed E-state index contributed by atoms with van der Waals surface area (Å²) < 4.78 is 10.8. The van der Waals surface area contributed by atoms with Gasteiger partial charge in [-0.1, -0.05) is 0 Å². The number of nitrogens with one attached hydrogen (secondary N) is 1. The Hall–Kier alpha value is -0.770. The Labute approximate surface area is 175 Å². The number of guanidine groups is 1. The van der Waals surface area contributed by atoms with Crippen molar-refractivity contribution in [3.05, 3.63) is 0 Å². The first kappa shape index (κ1) is 25.2. The van der Waals surface area contributed by atoms with E-state index in [1.165, 1.54) is 0 Å². The maximum atomic E-state index is 11.9. The molecule has 0 spiro atoms. The summed E-state index contributed by atoms with van der Waals surface area (Å²) in [5.74, 6) is 1.59. The van der Waals surface area contributed by atoms with Gasteiger partial charge in [-0.3, -0.25) is 4.99 Å². The maximum absolute atomic E-state index is 11.9. The molecule has 0 aromatic rings. The van der Waals surface area contributed by atoms with E-state index in [0.29, 0.717) is 13.1 Å². The number of likely N-dealkylation sites (N-methyl/N-ethyl adjacent to an activating group) is 1. The summed E-state index contributed by atoms with van der Waals surface area (Å²) in [6.07, 6.45) is 3.15. The Morgan fingerprint density at radius 2 is 1.81 bits per heavy atom. The smallest absolute Gasteiger partial charge is 0.410 e. The minimum Gasteiger partial charge on any atom is -0.444 e. The standard InChI is InChI=1S/C18H36N4O3.HI/c1-18(2,3)25-17(23)22(6)12-10-20-16(19-4)21(5)11-7-15-8-13-24-14-9-15;/h15H,7-14H2,1-6H3,(H,19,20);1H. The fraction of sp³-hybridized carbons (Fsp3) is 0.889. The number of rotatable bonds is 6. The molecular formula is C18H37IN4O3. The second kappa shape index (κ2) is 12.6. The number of hydrogen-bond donors (Lipinski definition) is 1. The highest BCUT2D eigenvalue weighted by Gasteiger charge is 2.19. The zero-order valence-corrected chi connectivity index (χ0v) is 19.5. The largest absolute Gasteiger partial charge is 0.444 e. The third kappa shape index (κ3) is 10.4. The molecule has 1 heterocycles. The van der Waals surface area contributed by atoms with E-state index in [0.717, 1.165) is 50.9 Å². The molecule has 0 saturated carbocycles. The number of hydrogen-bond acceptors (Lipinski definition) is 4. The van der Waals surface area contributed by atoms with Crippen LogP contribution in [0.2, 0.25) is 0 Å². The van der Waals surface area contributed by atoms with E-state index in [4.69, 9.17) is 9.47 Å². The second-order valence-corrected chi connectivity index (χ2v) is 7.64. The van der Waals surface area contributed by atoms with E-state index in [9.17, 15) is 4.79 Å². The van der Waals surface area contributed by atoms with E-state index >= 15 is 0 Å².